The van der Waals surface area contributed by atoms with Crippen LogP contribution in [0.25, 0.3) is 11.0 Å². The fourth-order valence-electron chi connectivity index (χ4n) is 2.16. The van der Waals surface area contributed by atoms with Crippen LogP contribution in [-0.4, -0.2) is 11.7 Å². The molecule has 2 unspecified atom stereocenters. The van der Waals surface area contributed by atoms with E-state index in [0.717, 1.165) is 0 Å². The summed E-state index contributed by atoms with van der Waals surface area (Å²) in [4.78, 5) is 0. The molecule has 2 aromatic rings. The fraction of sp³-hybridized carbons (Fsp3) is 0.429. The van der Waals surface area contributed by atoms with Crippen LogP contribution in [0.1, 0.15) is 25.7 Å². The molecule has 0 aliphatic heterocycles. The first-order valence-electron chi connectivity index (χ1n) is 6.10. The third kappa shape index (κ3) is 2.40. The van der Waals surface area contributed by atoms with Crippen molar-refractivity contribution < 1.29 is 13.9 Å². The molecule has 0 spiro atoms. The predicted octanol–water partition coefficient (Wildman–Crippen LogP) is 2.84. The van der Waals surface area contributed by atoms with E-state index in [9.17, 15) is 9.50 Å². The van der Waals surface area contributed by atoms with E-state index in [1.165, 1.54) is 12.1 Å². The van der Waals surface area contributed by atoms with E-state index in [2.05, 4.69) is 0 Å². The van der Waals surface area contributed by atoms with Crippen LogP contribution in [-0.2, 0) is 0 Å². The highest BCUT2D eigenvalue weighted by Gasteiger charge is 2.25. The molecule has 0 saturated carbocycles. The average molecular weight is 251 g/mol. The molecule has 0 fully saturated rings. The Kier molecular flexibility index (Phi) is 3.68. The van der Waals surface area contributed by atoms with E-state index in [1.807, 2.05) is 13.8 Å². The second-order valence-electron chi connectivity index (χ2n) is 4.92. The highest BCUT2D eigenvalue weighted by atomic mass is 19.1. The third-order valence-corrected chi connectivity index (χ3v) is 3.32. The van der Waals surface area contributed by atoms with Gasteiger partial charge in [0.1, 0.15) is 23.3 Å². The number of nitrogens with two attached hydrogens (primary N) is 1. The molecule has 0 radical (unpaired) electrons. The molecule has 3 nitrogen and oxygen atoms in total. The lowest BCUT2D eigenvalue weighted by Crippen LogP contribution is -2.26. The molecule has 4 heteroatoms. The molecule has 0 amide bonds. The van der Waals surface area contributed by atoms with Crippen molar-refractivity contribution in [1.29, 1.82) is 0 Å². The molecular formula is C14H18FNO2. The van der Waals surface area contributed by atoms with Crippen LogP contribution in [0.15, 0.2) is 28.7 Å². The van der Waals surface area contributed by atoms with Crippen molar-refractivity contribution in [3.63, 3.8) is 0 Å². The minimum absolute atomic E-state index is 0.0737. The number of fused-ring (bicyclic) bond motifs is 1. The first-order chi connectivity index (χ1) is 8.52. The van der Waals surface area contributed by atoms with Gasteiger partial charge in [0, 0.05) is 11.3 Å². The molecule has 0 aliphatic rings. The molecule has 2 atom stereocenters. The number of benzene rings is 1. The summed E-state index contributed by atoms with van der Waals surface area (Å²) in [6.45, 7) is 4.39. The number of aliphatic hydroxyl groups is 1. The summed E-state index contributed by atoms with van der Waals surface area (Å²) >= 11 is 0. The summed E-state index contributed by atoms with van der Waals surface area (Å²) < 4.78 is 18.6. The summed E-state index contributed by atoms with van der Waals surface area (Å²) in [5.74, 6) is 0.300. The Morgan fingerprint density at radius 2 is 2.06 bits per heavy atom. The third-order valence-electron chi connectivity index (χ3n) is 3.32. The first-order valence-corrected chi connectivity index (χ1v) is 6.10. The smallest absolute Gasteiger partial charge is 0.134 e. The van der Waals surface area contributed by atoms with Gasteiger partial charge in [-0.25, -0.2) is 4.39 Å². The van der Waals surface area contributed by atoms with E-state index in [1.54, 1.807) is 12.1 Å². The van der Waals surface area contributed by atoms with Gasteiger partial charge >= 0.3 is 0 Å². The van der Waals surface area contributed by atoms with Crippen molar-refractivity contribution in [2.24, 2.45) is 17.6 Å². The molecule has 1 aromatic heterocycles. The van der Waals surface area contributed by atoms with Gasteiger partial charge in [-0.05, 0) is 36.7 Å². The predicted molar refractivity (Wildman–Crippen MR) is 68.5 cm³/mol. The Hall–Kier alpha value is -1.39. The van der Waals surface area contributed by atoms with Crippen LogP contribution in [0.4, 0.5) is 4.39 Å². The van der Waals surface area contributed by atoms with Gasteiger partial charge in [-0.1, -0.05) is 13.8 Å². The zero-order valence-corrected chi connectivity index (χ0v) is 10.6. The summed E-state index contributed by atoms with van der Waals surface area (Å²) in [5.41, 5.74) is 6.24. The van der Waals surface area contributed by atoms with Crippen LogP contribution in [0.3, 0.4) is 0 Å². The fourth-order valence-corrected chi connectivity index (χ4v) is 2.16. The molecule has 18 heavy (non-hydrogen) atoms. The lowest BCUT2D eigenvalue weighted by Gasteiger charge is -2.23. The second-order valence-corrected chi connectivity index (χ2v) is 4.92. The molecule has 0 bridgehead atoms. The van der Waals surface area contributed by atoms with E-state index in [0.29, 0.717) is 23.3 Å². The lowest BCUT2D eigenvalue weighted by atomic mass is 9.89. The van der Waals surface area contributed by atoms with Crippen molar-refractivity contribution >= 4 is 11.0 Å². The van der Waals surface area contributed by atoms with Gasteiger partial charge in [0.15, 0.2) is 0 Å². The molecule has 3 N–H and O–H groups in total. The largest absolute Gasteiger partial charge is 0.458 e. The van der Waals surface area contributed by atoms with Crippen molar-refractivity contribution in [3.05, 3.63) is 35.8 Å². The number of hydrogen-bond acceptors (Lipinski definition) is 3. The maximum absolute atomic E-state index is 13.1. The van der Waals surface area contributed by atoms with Gasteiger partial charge in [-0.2, -0.15) is 0 Å². The Balaban J connectivity index is 2.35. The monoisotopic (exact) mass is 251 g/mol. The molecule has 0 saturated heterocycles. The molecular weight excluding hydrogens is 233 g/mol. The van der Waals surface area contributed by atoms with Gasteiger partial charge in [0.2, 0.25) is 0 Å². The summed E-state index contributed by atoms with van der Waals surface area (Å²) in [6, 6.07) is 5.97. The van der Waals surface area contributed by atoms with Crippen LogP contribution in [0.5, 0.6) is 0 Å². The van der Waals surface area contributed by atoms with Crippen LogP contribution in [0.2, 0.25) is 0 Å². The van der Waals surface area contributed by atoms with Gasteiger partial charge in [-0.3, -0.25) is 0 Å². The molecule has 98 valence electrons. The maximum Gasteiger partial charge on any atom is 0.134 e. The number of aliphatic hydroxyl groups excluding tert-OH is 1. The van der Waals surface area contributed by atoms with Gasteiger partial charge in [0.05, 0.1) is 0 Å². The van der Waals surface area contributed by atoms with Crippen molar-refractivity contribution in [1.82, 2.24) is 0 Å². The van der Waals surface area contributed by atoms with E-state index in [-0.39, 0.29) is 17.7 Å². The SMILES string of the molecule is CC(C)C(CN)C(O)c1cc2cc(F)ccc2o1. The van der Waals surface area contributed by atoms with Crippen molar-refractivity contribution in [3.8, 4) is 0 Å². The standard InChI is InChI=1S/C14H18FNO2/c1-8(2)11(7-16)14(17)13-6-9-5-10(15)3-4-12(9)18-13/h3-6,8,11,14,17H,7,16H2,1-2H3. The second kappa shape index (κ2) is 5.08. The van der Waals surface area contributed by atoms with E-state index >= 15 is 0 Å². The van der Waals surface area contributed by atoms with Gasteiger partial charge < -0.3 is 15.3 Å². The van der Waals surface area contributed by atoms with Crippen LogP contribution < -0.4 is 5.73 Å². The normalized spacial score (nSPS) is 15.2. The minimum atomic E-state index is -0.759. The minimum Gasteiger partial charge on any atom is -0.458 e. The quantitative estimate of drug-likeness (QED) is 0.878. The van der Waals surface area contributed by atoms with Gasteiger partial charge in [0.25, 0.3) is 0 Å². The van der Waals surface area contributed by atoms with E-state index < -0.39 is 6.10 Å². The summed E-state index contributed by atoms with van der Waals surface area (Å²) in [5, 5.41) is 10.9. The molecule has 1 aromatic carbocycles. The Labute approximate surface area is 105 Å². The van der Waals surface area contributed by atoms with Crippen LogP contribution >= 0.6 is 0 Å². The highest BCUT2D eigenvalue weighted by molar-refractivity contribution is 5.77. The topological polar surface area (TPSA) is 59.4 Å². The first kappa shape index (κ1) is 13.1. The number of furan rings is 1. The molecule has 2 rings (SSSR count). The Bertz CT molecular complexity index is 536. The van der Waals surface area contributed by atoms with E-state index in [4.69, 9.17) is 10.2 Å². The van der Waals surface area contributed by atoms with Crippen molar-refractivity contribution in [2.45, 2.75) is 20.0 Å². The zero-order valence-electron chi connectivity index (χ0n) is 10.6. The maximum atomic E-state index is 13.1. The van der Waals surface area contributed by atoms with Crippen molar-refractivity contribution in [2.75, 3.05) is 6.54 Å². The van der Waals surface area contributed by atoms with Gasteiger partial charge in [-0.15, -0.1) is 0 Å². The molecule has 0 aliphatic carbocycles. The summed E-state index contributed by atoms with van der Waals surface area (Å²) in [6.07, 6.45) is -0.759. The number of rotatable bonds is 4. The highest BCUT2D eigenvalue weighted by Crippen LogP contribution is 2.31. The summed E-state index contributed by atoms with van der Waals surface area (Å²) in [7, 11) is 0. The Morgan fingerprint density at radius 1 is 1.33 bits per heavy atom. The van der Waals surface area contributed by atoms with Crippen LogP contribution in [0, 0.1) is 17.7 Å². The zero-order chi connectivity index (χ0) is 13.3. The Morgan fingerprint density at radius 3 is 2.67 bits per heavy atom. The molecule has 1 heterocycles. The average Bonchev–Trinajstić information content (AvgIpc) is 2.72. The number of halogens is 1. The number of hydrogen-bond donors (Lipinski definition) is 2. The lowest BCUT2D eigenvalue weighted by molar-refractivity contribution is 0.0676.